The van der Waals surface area contributed by atoms with Gasteiger partial charge < -0.3 is 15.3 Å². The van der Waals surface area contributed by atoms with Crippen LogP contribution in [0, 0.1) is 6.92 Å². The molecular weight excluding hydrogens is 348 g/mol. The molecule has 0 atom stereocenters. The van der Waals surface area contributed by atoms with Crippen LogP contribution in [-0.4, -0.2) is 33.8 Å². The molecule has 3 aromatic rings. The van der Waals surface area contributed by atoms with Crippen molar-refractivity contribution in [2.24, 2.45) is 0 Å². The molecular formula is C19H22N4O2S. The molecule has 3 rings (SSSR count). The summed E-state index contributed by atoms with van der Waals surface area (Å²) in [4.78, 5) is 0. The molecule has 0 aliphatic carbocycles. The number of nitrogen functional groups attached to an aromatic ring is 1. The molecule has 7 heteroatoms. The minimum Gasteiger partial charge on any atom is -0.494 e. The third-order valence-electron chi connectivity index (χ3n) is 3.66. The van der Waals surface area contributed by atoms with Gasteiger partial charge in [0.05, 0.1) is 13.2 Å². The number of rotatable bonds is 8. The Morgan fingerprint density at radius 2 is 1.85 bits per heavy atom. The molecule has 2 N–H and O–H groups in total. The first-order valence-electron chi connectivity index (χ1n) is 8.43. The molecule has 136 valence electrons. The monoisotopic (exact) mass is 370 g/mol. The van der Waals surface area contributed by atoms with Gasteiger partial charge in [0.2, 0.25) is 5.16 Å². The average Bonchev–Trinajstić information content (AvgIpc) is 3.00. The fourth-order valence-electron chi connectivity index (χ4n) is 2.44. The van der Waals surface area contributed by atoms with Gasteiger partial charge in [0, 0.05) is 11.3 Å². The third-order valence-corrected chi connectivity index (χ3v) is 4.57. The van der Waals surface area contributed by atoms with Gasteiger partial charge in [-0.3, -0.25) is 0 Å². The SMILES string of the molecule is CCOc1ccc(-c2nnc(SCCOc3cccc(C)c3)n2N)cc1. The molecule has 0 fully saturated rings. The van der Waals surface area contributed by atoms with Gasteiger partial charge in [0.15, 0.2) is 5.82 Å². The van der Waals surface area contributed by atoms with Crippen LogP contribution in [0.25, 0.3) is 11.4 Å². The van der Waals surface area contributed by atoms with Crippen molar-refractivity contribution in [3.63, 3.8) is 0 Å². The lowest BCUT2D eigenvalue weighted by Gasteiger charge is -2.07. The minimum absolute atomic E-state index is 0.569. The van der Waals surface area contributed by atoms with Crippen molar-refractivity contribution in [1.29, 1.82) is 0 Å². The summed E-state index contributed by atoms with van der Waals surface area (Å²) in [7, 11) is 0. The van der Waals surface area contributed by atoms with E-state index in [1.54, 1.807) is 0 Å². The second kappa shape index (κ2) is 8.62. The molecule has 1 heterocycles. The Bertz CT molecular complexity index is 849. The summed E-state index contributed by atoms with van der Waals surface area (Å²) in [5, 5.41) is 9.02. The van der Waals surface area contributed by atoms with Gasteiger partial charge >= 0.3 is 0 Å². The zero-order chi connectivity index (χ0) is 18.4. The molecule has 0 aliphatic rings. The van der Waals surface area contributed by atoms with E-state index < -0.39 is 0 Å². The third kappa shape index (κ3) is 4.49. The second-order valence-electron chi connectivity index (χ2n) is 5.65. The van der Waals surface area contributed by atoms with Crippen LogP contribution >= 0.6 is 11.8 Å². The van der Waals surface area contributed by atoms with Crippen LogP contribution in [0.2, 0.25) is 0 Å². The first-order valence-corrected chi connectivity index (χ1v) is 9.42. The lowest BCUT2D eigenvalue weighted by atomic mass is 10.2. The van der Waals surface area contributed by atoms with E-state index >= 15 is 0 Å². The van der Waals surface area contributed by atoms with E-state index in [9.17, 15) is 0 Å². The summed E-state index contributed by atoms with van der Waals surface area (Å²) in [6.07, 6.45) is 0. The van der Waals surface area contributed by atoms with Crippen molar-refractivity contribution in [2.45, 2.75) is 19.0 Å². The van der Waals surface area contributed by atoms with E-state index in [0.717, 1.165) is 22.8 Å². The van der Waals surface area contributed by atoms with E-state index in [0.29, 0.717) is 24.2 Å². The van der Waals surface area contributed by atoms with Crippen molar-refractivity contribution in [3.8, 4) is 22.9 Å². The van der Waals surface area contributed by atoms with Gasteiger partial charge in [-0.2, -0.15) is 0 Å². The number of nitrogens with two attached hydrogens (primary N) is 1. The molecule has 0 radical (unpaired) electrons. The van der Waals surface area contributed by atoms with Crippen molar-refractivity contribution >= 4 is 11.8 Å². The molecule has 0 aliphatic heterocycles. The second-order valence-corrected chi connectivity index (χ2v) is 6.71. The van der Waals surface area contributed by atoms with Crippen LogP contribution < -0.4 is 15.3 Å². The smallest absolute Gasteiger partial charge is 0.210 e. The maximum Gasteiger partial charge on any atom is 0.210 e. The van der Waals surface area contributed by atoms with Gasteiger partial charge in [-0.25, -0.2) is 4.68 Å². The highest BCUT2D eigenvalue weighted by Crippen LogP contribution is 2.23. The molecule has 0 bridgehead atoms. The number of aryl methyl sites for hydroxylation is 1. The van der Waals surface area contributed by atoms with Crippen LogP contribution in [-0.2, 0) is 0 Å². The predicted octanol–water partition coefficient (Wildman–Crippen LogP) is 3.54. The van der Waals surface area contributed by atoms with Gasteiger partial charge in [0.25, 0.3) is 0 Å². The maximum atomic E-state index is 6.14. The topological polar surface area (TPSA) is 75.2 Å². The number of hydrogen-bond acceptors (Lipinski definition) is 6. The fraction of sp³-hybridized carbons (Fsp3) is 0.263. The Hall–Kier alpha value is -2.67. The van der Waals surface area contributed by atoms with Crippen LogP contribution in [0.1, 0.15) is 12.5 Å². The van der Waals surface area contributed by atoms with Gasteiger partial charge in [0.1, 0.15) is 11.5 Å². The molecule has 0 saturated carbocycles. The summed E-state index contributed by atoms with van der Waals surface area (Å²) in [5.41, 5.74) is 2.07. The summed E-state index contributed by atoms with van der Waals surface area (Å²) >= 11 is 1.51. The average molecular weight is 370 g/mol. The van der Waals surface area contributed by atoms with Gasteiger partial charge in [-0.05, 0) is 55.8 Å². The minimum atomic E-state index is 0.569. The zero-order valence-corrected chi connectivity index (χ0v) is 15.7. The molecule has 0 amide bonds. The van der Waals surface area contributed by atoms with Gasteiger partial charge in [-0.1, -0.05) is 23.9 Å². The molecule has 0 unspecified atom stereocenters. The maximum absolute atomic E-state index is 6.14. The Labute approximate surface area is 157 Å². The standard InChI is InChI=1S/C19H22N4O2S/c1-3-24-16-9-7-15(8-10-16)18-21-22-19(23(18)20)26-12-11-25-17-6-4-5-14(2)13-17/h4-10,13H,3,11-12,20H2,1-2H3. The van der Waals surface area contributed by atoms with E-state index in [1.807, 2.05) is 62.4 Å². The van der Waals surface area contributed by atoms with Crippen LogP contribution in [0.5, 0.6) is 11.5 Å². The Morgan fingerprint density at radius 1 is 1.04 bits per heavy atom. The molecule has 2 aromatic carbocycles. The van der Waals surface area contributed by atoms with Crippen molar-refractivity contribution in [2.75, 3.05) is 24.8 Å². The van der Waals surface area contributed by atoms with Crippen molar-refractivity contribution < 1.29 is 9.47 Å². The fourth-order valence-corrected chi connectivity index (χ4v) is 3.11. The highest BCUT2D eigenvalue weighted by Gasteiger charge is 2.12. The largest absolute Gasteiger partial charge is 0.494 e. The van der Waals surface area contributed by atoms with Crippen LogP contribution in [0.15, 0.2) is 53.7 Å². The van der Waals surface area contributed by atoms with Crippen LogP contribution in [0.4, 0.5) is 0 Å². The van der Waals surface area contributed by atoms with Gasteiger partial charge in [-0.15, -0.1) is 10.2 Å². The number of thioether (sulfide) groups is 1. The summed E-state index contributed by atoms with van der Waals surface area (Å²) in [6.45, 7) is 5.20. The number of aromatic nitrogens is 3. The number of ether oxygens (including phenoxy) is 2. The Kier molecular flexibility index (Phi) is 6.01. The highest BCUT2D eigenvalue weighted by atomic mass is 32.2. The molecule has 26 heavy (non-hydrogen) atoms. The molecule has 0 spiro atoms. The summed E-state index contributed by atoms with van der Waals surface area (Å²) < 4.78 is 12.7. The highest BCUT2D eigenvalue weighted by molar-refractivity contribution is 7.99. The molecule has 1 aromatic heterocycles. The molecule has 0 saturated heterocycles. The number of nitrogens with zero attached hydrogens (tertiary/aromatic N) is 3. The number of hydrogen-bond donors (Lipinski definition) is 1. The molecule has 6 nitrogen and oxygen atoms in total. The van der Waals surface area contributed by atoms with E-state index in [1.165, 1.54) is 22.0 Å². The quantitative estimate of drug-likeness (QED) is 0.371. The first-order chi connectivity index (χ1) is 12.7. The summed E-state index contributed by atoms with van der Waals surface area (Å²) in [6, 6.07) is 15.6. The van der Waals surface area contributed by atoms with Crippen molar-refractivity contribution in [1.82, 2.24) is 14.9 Å². The Balaban J connectivity index is 1.56. The van der Waals surface area contributed by atoms with E-state index in [2.05, 4.69) is 10.2 Å². The van der Waals surface area contributed by atoms with Crippen molar-refractivity contribution in [3.05, 3.63) is 54.1 Å². The van der Waals surface area contributed by atoms with Crippen LogP contribution in [0.3, 0.4) is 0 Å². The first kappa shape index (κ1) is 18.1. The lowest BCUT2D eigenvalue weighted by Crippen LogP contribution is -2.12. The normalized spacial score (nSPS) is 10.7. The Morgan fingerprint density at radius 3 is 2.58 bits per heavy atom. The number of benzene rings is 2. The van der Waals surface area contributed by atoms with E-state index in [4.69, 9.17) is 15.3 Å². The van der Waals surface area contributed by atoms with E-state index in [-0.39, 0.29) is 0 Å². The zero-order valence-electron chi connectivity index (χ0n) is 14.9. The predicted molar refractivity (Wildman–Crippen MR) is 104 cm³/mol. The lowest BCUT2D eigenvalue weighted by molar-refractivity contribution is 0.340. The summed E-state index contributed by atoms with van der Waals surface area (Å²) in [5.74, 6) is 9.19.